The number of nitrogen functional groups attached to an aromatic ring is 1. The van der Waals surface area contributed by atoms with Gasteiger partial charge in [0.1, 0.15) is 0 Å². The summed E-state index contributed by atoms with van der Waals surface area (Å²) in [6.45, 7) is 4.12. The maximum atomic E-state index is 12.5. The zero-order valence-electron chi connectivity index (χ0n) is 11.8. The van der Waals surface area contributed by atoms with Crippen molar-refractivity contribution < 1.29 is 8.42 Å². The third-order valence-electron chi connectivity index (χ3n) is 3.35. The molecule has 2 N–H and O–H groups in total. The average Bonchev–Trinajstić information content (AvgIpc) is 2.88. The van der Waals surface area contributed by atoms with E-state index in [-0.39, 0.29) is 4.90 Å². The molecule has 0 radical (unpaired) electrons. The summed E-state index contributed by atoms with van der Waals surface area (Å²) in [7, 11) is -1.93. The lowest BCUT2D eigenvalue weighted by molar-refractivity contribution is 0.469. The van der Waals surface area contributed by atoms with Crippen LogP contribution in [0.2, 0.25) is 0 Å². The number of hydrogen-bond donors (Lipinski definition) is 1. The number of nitrogens with two attached hydrogens (primary N) is 1. The second-order valence-electron chi connectivity index (χ2n) is 4.79. The largest absolute Gasteiger partial charge is 0.398 e. The van der Waals surface area contributed by atoms with Gasteiger partial charge in [-0.2, -0.15) is 4.31 Å². The zero-order chi connectivity index (χ0) is 14.9. The molecular formula is C14H18N2O2S2. The van der Waals surface area contributed by atoms with Crippen LogP contribution >= 0.6 is 11.3 Å². The molecule has 6 heteroatoms. The van der Waals surface area contributed by atoms with Crippen molar-refractivity contribution in [1.82, 2.24) is 4.31 Å². The molecule has 0 aliphatic heterocycles. The summed E-state index contributed by atoms with van der Waals surface area (Å²) in [5.74, 6) is 0. The van der Waals surface area contributed by atoms with Gasteiger partial charge in [-0.15, -0.1) is 11.3 Å². The number of thiophene rings is 1. The van der Waals surface area contributed by atoms with Crippen molar-refractivity contribution in [1.29, 1.82) is 0 Å². The molecule has 0 atom stereocenters. The molecule has 0 fully saturated rings. The van der Waals surface area contributed by atoms with Gasteiger partial charge in [0.25, 0.3) is 0 Å². The van der Waals surface area contributed by atoms with Crippen molar-refractivity contribution >= 4 is 27.0 Å². The summed E-state index contributed by atoms with van der Waals surface area (Å²) < 4.78 is 26.4. The summed E-state index contributed by atoms with van der Waals surface area (Å²) in [4.78, 5) is 1.25. The molecule has 0 spiro atoms. The van der Waals surface area contributed by atoms with Gasteiger partial charge in [-0.25, -0.2) is 8.42 Å². The van der Waals surface area contributed by atoms with Crippen LogP contribution in [-0.4, -0.2) is 19.8 Å². The van der Waals surface area contributed by atoms with E-state index >= 15 is 0 Å². The van der Waals surface area contributed by atoms with Crippen LogP contribution in [0, 0.1) is 13.8 Å². The predicted molar refractivity (Wildman–Crippen MR) is 83.3 cm³/mol. The monoisotopic (exact) mass is 310 g/mol. The Kier molecular flexibility index (Phi) is 4.17. The molecule has 1 aromatic heterocycles. The summed E-state index contributed by atoms with van der Waals surface area (Å²) in [6.07, 6.45) is 0. The Morgan fingerprint density at radius 2 is 2.00 bits per heavy atom. The third kappa shape index (κ3) is 2.87. The first-order valence-electron chi connectivity index (χ1n) is 6.18. The van der Waals surface area contributed by atoms with Crippen LogP contribution in [0.5, 0.6) is 0 Å². The number of anilines is 1. The Hall–Kier alpha value is -1.37. The number of nitrogens with zero attached hydrogens (tertiary/aromatic N) is 1. The van der Waals surface area contributed by atoms with E-state index in [1.807, 2.05) is 31.4 Å². The molecule has 4 nitrogen and oxygen atoms in total. The maximum absolute atomic E-state index is 12.5. The Bertz CT molecular complexity index is 684. The molecule has 2 rings (SSSR count). The molecule has 20 heavy (non-hydrogen) atoms. The standard InChI is InChI=1S/C14H18N2O2S2/c1-10-7-13(8-14(15)11(10)2)20(17,18)16(3)9-12-5-4-6-19-12/h4-8H,9,15H2,1-3H3. The normalized spacial score (nSPS) is 12.0. The Morgan fingerprint density at radius 1 is 1.30 bits per heavy atom. The highest BCUT2D eigenvalue weighted by molar-refractivity contribution is 7.89. The second kappa shape index (κ2) is 5.55. The van der Waals surface area contributed by atoms with Crippen molar-refractivity contribution in [3.63, 3.8) is 0 Å². The van der Waals surface area contributed by atoms with Crippen LogP contribution in [0.3, 0.4) is 0 Å². The Morgan fingerprint density at radius 3 is 2.55 bits per heavy atom. The molecular weight excluding hydrogens is 292 g/mol. The van der Waals surface area contributed by atoms with Gasteiger partial charge in [-0.3, -0.25) is 0 Å². The van der Waals surface area contributed by atoms with Crippen molar-refractivity contribution in [3.05, 3.63) is 45.6 Å². The topological polar surface area (TPSA) is 63.4 Å². The first-order valence-corrected chi connectivity index (χ1v) is 8.50. The van der Waals surface area contributed by atoms with Crippen molar-refractivity contribution in [2.45, 2.75) is 25.3 Å². The minimum absolute atomic E-state index is 0.247. The van der Waals surface area contributed by atoms with E-state index in [0.717, 1.165) is 16.0 Å². The van der Waals surface area contributed by atoms with Gasteiger partial charge in [0.2, 0.25) is 10.0 Å². The summed E-state index contributed by atoms with van der Waals surface area (Å²) in [5.41, 5.74) is 8.18. The SMILES string of the molecule is Cc1cc(S(=O)(=O)N(C)Cc2cccs2)cc(N)c1C. The molecule has 0 aliphatic rings. The van der Waals surface area contributed by atoms with Crippen molar-refractivity contribution in [2.24, 2.45) is 0 Å². The summed E-state index contributed by atoms with van der Waals surface area (Å²) in [5, 5.41) is 1.93. The molecule has 0 unspecified atom stereocenters. The van der Waals surface area contributed by atoms with E-state index in [4.69, 9.17) is 5.73 Å². The quantitative estimate of drug-likeness (QED) is 0.883. The summed E-state index contributed by atoms with van der Waals surface area (Å²) in [6, 6.07) is 7.04. The highest BCUT2D eigenvalue weighted by Crippen LogP contribution is 2.24. The van der Waals surface area contributed by atoms with Gasteiger partial charge in [-0.1, -0.05) is 6.07 Å². The minimum atomic E-state index is -3.52. The lowest BCUT2D eigenvalue weighted by Gasteiger charge is -2.18. The van der Waals surface area contributed by atoms with Gasteiger partial charge in [-0.05, 0) is 48.6 Å². The van der Waals surface area contributed by atoms with Gasteiger partial charge >= 0.3 is 0 Å². The van der Waals surface area contributed by atoms with Gasteiger partial charge in [0.05, 0.1) is 4.90 Å². The molecule has 0 bridgehead atoms. The van der Waals surface area contributed by atoms with Gasteiger partial charge in [0, 0.05) is 24.2 Å². The third-order valence-corrected chi connectivity index (χ3v) is 5.99. The first kappa shape index (κ1) is 15.0. The highest BCUT2D eigenvalue weighted by Gasteiger charge is 2.22. The fraction of sp³-hybridized carbons (Fsp3) is 0.286. The predicted octanol–water partition coefficient (Wildman–Crippen LogP) is 2.77. The number of hydrogen-bond acceptors (Lipinski definition) is 4. The van der Waals surface area contributed by atoms with Crippen molar-refractivity contribution in [2.75, 3.05) is 12.8 Å². The number of benzene rings is 1. The molecule has 2 aromatic rings. The number of rotatable bonds is 4. The minimum Gasteiger partial charge on any atom is -0.398 e. The fourth-order valence-electron chi connectivity index (χ4n) is 1.89. The van der Waals surface area contributed by atoms with E-state index in [9.17, 15) is 8.42 Å². The molecule has 0 saturated heterocycles. The van der Waals surface area contributed by atoms with E-state index < -0.39 is 10.0 Å². The highest BCUT2D eigenvalue weighted by atomic mass is 32.2. The lowest BCUT2D eigenvalue weighted by atomic mass is 10.1. The zero-order valence-corrected chi connectivity index (χ0v) is 13.4. The molecule has 108 valence electrons. The molecule has 0 saturated carbocycles. The van der Waals surface area contributed by atoms with Gasteiger partial charge in [0.15, 0.2) is 0 Å². The average molecular weight is 310 g/mol. The number of sulfonamides is 1. The van der Waals surface area contributed by atoms with Crippen LogP contribution in [0.4, 0.5) is 5.69 Å². The van der Waals surface area contributed by atoms with Crippen molar-refractivity contribution in [3.8, 4) is 0 Å². The Labute approximate surface area is 123 Å². The van der Waals surface area contributed by atoms with Crippen LogP contribution < -0.4 is 5.73 Å². The molecule has 0 amide bonds. The molecule has 1 aromatic carbocycles. The van der Waals surface area contributed by atoms with Crippen LogP contribution in [-0.2, 0) is 16.6 Å². The molecule has 0 aliphatic carbocycles. The Balaban J connectivity index is 2.35. The van der Waals surface area contributed by atoms with E-state index in [2.05, 4.69) is 0 Å². The van der Waals surface area contributed by atoms with Crippen LogP contribution in [0.25, 0.3) is 0 Å². The maximum Gasteiger partial charge on any atom is 0.243 e. The van der Waals surface area contributed by atoms with Gasteiger partial charge < -0.3 is 5.73 Å². The van der Waals surface area contributed by atoms with Crippen LogP contribution in [0.1, 0.15) is 16.0 Å². The fourth-order valence-corrected chi connectivity index (χ4v) is 4.00. The van der Waals surface area contributed by atoms with E-state index in [1.165, 1.54) is 10.4 Å². The first-order chi connectivity index (χ1) is 9.32. The van der Waals surface area contributed by atoms with E-state index in [0.29, 0.717) is 12.2 Å². The summed E-state index contributed by atoms with van der Waals surface area (Å²) >= 11 is 1.54. The smallest absolute Gasteiger partial charge is 0.243 e. The number of aryl methyl sites for hydroxylation is 1. The second-order valence-corrected chi connectivity index (χ2v) is 7.87. The lowest BCUT2D eigenvalue weighted by Crippen LogP contribution is -2.26. The van der Waals surface area contributed by atoms with Crippen LogP contribution in [0.15, 0.2) is 34.5 Å². The van der Waals surface area contributed by atoms with E-state index in [1.54, 1.807) is 24.5 Å². The molecule has 1 heterocycles.